The number of halogens is 2. The molecule has 0 radical (unpaired) electrons. The van der Waals surface area contributed by atoms with Gasteiger partial charge in [-0.2, -0.15) is 0 Å². The number of hydrogen-bond acceptors (Lipinski definition) is 2. The van der Waals surface area contributed by atoms with Crippen molar-refractivity contribution in [2.75, 3.05) is 19.0 Å². The first kappa shape index (κ1) is 11.3. The van der Waals surface area contributed by atoms with E-state index in [9.17, 15) is 0 Å². The van der Waals surface area contributed by atoms with Gasteiger partial charge in [-0.1, -0.05) is 34.3 Å². The van der Waals surface area contributed by atoms with Crippen molar-refractivity contribution in [1.29, 1.82) is 0 Å². The molecular formula is C8H10Cl2NPS. The number of rotatable bonds is 2. The first-order valence-corrected chi connectivity index (χ1v) is 8.30. The molecule has 0 aliphatic carbocycles. The van der Waals surface area contributed by atoms with Crippen LogP contribution in [0.2, 0.25) is 0 Å². The number of hydrogen-bond donors (Lipinski definition) is 0. The molecule has 1 aromatic rings. The summed E-state index contributed by atoms with van der Waals surface area (Å²) in [5, 5.41) is 0.844. The lowest BCUT2D eigenvalue weighted by Gasteiger charge is -2.13. The zero-order valence-corrected chi connectivity index (χ0v) is 10.6. The van der Waals surface area contributed by atoms with E-state index in [1.165, 1.54) is 0 Å². The summed E-state index contributed by atoms with van der Waals surface area (Å²) in [6.07, 6.45) is 0. The SMILES string of the molecule is CN(C)c1ccc(P(=S)(Cl)Cl)cc1. The Balaban J connectivity index is 3.01. The fourth-order valence-electron chi connectivity index (χ4n) is 0.924. The van der Waals surface area contributed by atoms with Crippen molar-refractivity contribution < 1.29 is 0 Å². The Morgan fingerprint density at radius 1 is 1.15 bits per heavy atom. The summed E-state index contributed by atoms with van der Waals surface area (Å²) in [5.41, 5.74) is 1.11. The Hall–Kier alpha value is 0.250. The van der Waals surface area contributed by atoms with Crippen LogP contribution in [0.1, 0.15) is 0 Å². The van der Waals surface area contributed by atoms with Gasteiger partial charge in [0.2, 0.25) is 0 Å². The van der Waals surface area contributed by atoms with Crippen LogP contribution in [0.5, 0.6) is 0 Å². The normalized spacial score (nSPS) is 11.4. The van der Waals surface area contributed by atoms with Gasteiger partial charge in [0.15, 0.2) is 0 Å². The Labute approximate surface area is 93.2 Å². The second-order valence-corrected chi connectivity index (χ2v) is 10.7. The van der Waals surface area contributed by atoms with E-state index < -0.39 is 4.74 Å². The van der Waals surface area contributed by atoms with E-state index in [-0.39, 0.29) is 0 Å². The summed E-state index contributed by atoms with van der Waals surface area (Å²) in [4.78, 5) is 2.01. The summed E-state index contributed by atoms with van der Waals surface area (Å²) in [7, 11) is 3.96. The highest BCUT2D eigenvalue weighted by Crippen LogP contribution is 2.55. The predicted molar refractivity (Wildman–Crippen MR) is 66.4 cm³/mol. The van der Waals surface area contributed by atoms with Gasteiger partial charge in [-0.15, -0.1) is 0 Å². The molecular weight excluding hydrogens is 244 g/mol. The van der Waals surface area contributed by atoms with Gasteiger partial charge in [0, 0.05) is 25.1 Å². The Morgan fingerprint density at radius 3 is 1.92 bits per heavy atom. The van der Waals surface area contributed by atoms with E-state index in [0.717, 1.165) is 11.0 Å². The average Bonchev–Trinajstić information content (AvgIpc) is 2.03. The number of benzene rings is 1. The summed E-state index contributed by atoms with van der Waals surface area (Å²) < 4.78 is -2.31. The minimum Gasteiger partial charge on any atom is -0.378 e. The minimum absolute atomic E-state index is 0.844. The lowest BCUT2D eigenvalue weighted by atomic mass is 10.3. The van der Waals surface area contributed by atoms with Gasteiger partial charge < -0.3 is 4.90 Å². The van der Waals surface area contributed by atoms with Gasteiger partial charge >= 0.3 is 0 Å². The molecule has 0 aromatic heterocycles. The zero-order valence-electron chi connectivity index (χ0n) is 7.37. The third kappa shape index (κ3) is 3.14. The smallest absolute Gasteiger partial charge is 0.147 e. The number of nitrogens with zero attached hydrogens (tertiary/aromatic N) is 1. The molecule has 1 nitrogen and oxygen atoms in total. The number of anilines is 1. The van der Waals surface area contributed by atoms with Crippen molar-refractivity contribution in [2.24, 2.45) is 0 Å². The average molecular weight is 254 g/mol. The highest BCUT2D eigenvalue weighted by atomic mass is 35.9. The van der Waals surface area contributed by atoms with Crippen molar-refractivity contribution in [3.63, 3.8) is 0 Å². The maximum Gasteiger partial charge on any atom is 0.147 e. The molecule has 0 N–H and O–H groups in total. The van der Waals surface area contributed by atoms with Gasteiger partial charge in [0.1, 0.15) is 4.74 Å². The summed E-state index contributed by atoms with van der Waals surface area (Å²) in [5.74, 6) is 0. The standard InChI is InChI=1S/C8H10Cl2NPS/c1-11(2)7-3-5-8(6-4-7)12(9,10)13/h3-6H,1-2H3. The Morgan fingerprint density at radius 2 is 1.62 bits per heavy atom. The highest BCUT2D eigenvalue weighted by molar-refractivity contribution is 8.42. The first-order valence-electron chi connectivity index (χ1n) is 3.68. The molecule has 1 rings (SSSR count). The molecule has 0 fully saturated rings. The van der Waals surface area contributed by atoms with Gasteiger partial charge in [0.25, 0.3) is 0 Å². The lowest BCUT2D eigenvalue weighted by Crippen LogP contribution is -2.09. The molecule has 72 valence electrons. The lowest BCUT2D eigenvalue weighted by molar-refractivity contribution is 1.13. The largest absolute Gasteiger partial charge is 0.378 e. The van der Waals surface area contributed by atoms with E-state index in [1.807, 2.05) is 43.3 Å². The van der Waals surface area contributed by atoms with Crippen LogP contribution in [0, 0.1) is 0 Å². The second kappa shape index (κ2) is 4.18. The van der Waals surface area contributed by atoms with Crippen LogP contribution < -0.4 is 10.2 Å². The predicted octanol–water partition coefficient (Wildman–Crippen LogP) is 3.17. The van der Waals surface area contributed by atoms with E-state index in [0.29, 0.717) is 0 Å². The minimum atomic E-state index is -2.31. The van der Waals surface area contributed by atoms with Crippen LogP contribution in [-0.4, -0.2) is 14.1 Å². The van der Waals surface area contributed by atoms with Crippen molar-refractivity contribution in [2.45, 2.75) is 0 Å². The molecule has 0 atom stereocenters. The zero-order chi connectivity index (χ0) is 10.1. The molecule has 0 aliphatic heterocycles. The first-order chi connectivity index (χ1) is 5.91. The van der Waals surface area contributed by atoms with E-state index in [1.54, 1.807) is 0 Å². The molecule has 13 heavy (non-hydrogen) atoms. The van der Waals surface area contributed by atoms with Gasteiger partial charge in [-0.3, -0.25) is 0 Å². The van der Waals surface area contributed by atoms with Crippen molar-refractivity contribution in [3.8, 4) is 0 Å². The Kier molecular flexibility index (Phi) is 3.64. The summed E-state index contributed by atoms with van der Waals surface area (Å²) >= 11 is 16.7. The molecule has 0 heterocycles. The topological polar surface area (TPSA) is 3.24 Å². The maximum absolute atomic E-state index is 5.87. The molecule has 0 saturated heterocycles. The van der Waals surface area contributed by atoms with Crippen molar-refractivity contribution in [3.05, 3.63) is 24.3 Å². The third-order valence-corrected chi connectivity index (χ3v) is 4.37. The van der Waals surface area contributed by atoms with Crippen LogP contribution >= 0.6 is 27.2 Å². The van der Waals surface area contributed by atoms with Gasteiger partial charge in [0.05, 0.1) is 0 Å². The summed E-state index contributed by atoms with van der Waals surface area (Å²) in [6.45, 7) is 0. The van der Waals surface area contributed by atoms with Crippen LogP contribution in [0.25, 0.3) is 0 Å². The van der Waals surface area contributed by atoms with Crippen molar-refractivity contribution >= 4 is 50.0 Å². The second-order valence-electron chi connectivity index (χ2n) is 2.87. The molecule has 1 aromatic carbocycles. The van der Waals surface area contributed by atoms with Crippen LogP contribution in [0.15, 0.2) is 24.3 Å². The fourth-order valence-corrected chi connectivity index (χ4v) is 2.46. The quantitative estimate of drug-likeness (QED) is 0.746. The third-order valence-electron chi connectivity index (χ3n) is 1.67. The van der Waals surface area contributed by atoms with E-state index >= 15 is 0 Å². The van der Waals surface area contributed by atoms with Gasteiger partial charge in [-0.25, -0.2) is 0 Å². The van der Waals surface area contributed by atoms with E-state index in [4.69, 9.17) is 34.3 Å². The molecule has 0 amide bonds. The highest BCUT2D eigenvalue weighted by Gasteiger charge is 2.11. The monoisotopic (exact) mass is 253 g/mol. The molecule has 0 bridgehead atoms. The van der Waals surface area contributed by atoms with Crippen LogP contribution in [-0.2, 0) is 11.8 Å². The van der Waals surface area contributed by atoms with Crippen LogP contribution in [0.4, 0.5) is 5.69 Å². The molecule has 0 saturated carbocycles. The van der Waals surface area contributed by atoms with Crippen molar-refractivity contribution in [1.82, 2.24) is 0 Å². The molecule has 5 heteroatoms. The molecule has 0 aliphatic rings. The molecule has 0 spiro atoms. The molecule has 0 unspecified atom stereocenters. The maximum atomic E-state index is 5.87. The fraction of sp³-hybridized carbons (Fsp3) is 0.250. The van der Waals surface area contributed by atoms with Crippen LogP contribution in [0.3, 0.4) is 0 Å². The van der Waals surface area contributed by atoms with E-state index in [2.05, 4.69) is 0 Å². The summed E-state index contributed by atoms with van der Waals surface area (Å²) in [6, 6.07) is 7.69. The Bertz CT molecular complexity index is 331. The van der Waals surface area contributed by atoms with Gasteiger partial charge in [-0.05, 0) is 24.3 Å².